The van der Waals surface area contributed by atoms with E-state index < -0.39 is 5.91 Å². The van der Waals surface area contributed by atoms with Crippen molar-refractivity contribution >= 4 is 46.3 Å². The van der Waals surface area contributed by atoms with Crippen LogP contribution < -0.4 is 19.7 Å². The highest BCUT2D eigenvalue weighted by Crippen LogP contribution is 2.32. The van der Waals surface area contributed by atoms with Crippen LogP contribution in [-0.2, 0) is 9.59 Å². The molecule has 9 heteroatoms. The van der Waals surface area contributed by atoms with Crippen molar-refractivity contribution in [3.63, 3.8) is 0 Å². The maximum atomic E-state index is 13.2. The molecule has 3 aromatic rings. The van der Waals surface area contributed by atoms with Gasteiger partial charge in [0, 0.05) is 17.4 Å². The van der Waals surface area contributed by atoms with Gasteiger partial charge < -0.3 is 14.8 Å². The number of benzene rings is 2. The third-order valence-corrected chi connectivity index (χ3v) is 5.33. The minimum atomic E-state index is -0.397. The fourth-order valence-corrected chi connectivity index (χ4v) is 3.70. The van der Waals surface area contributed by atoms with E-state index in [1.165, 1.54) is 12.0 Å². The van der Waals surface area contributed by atoms with E-state index in [9.17, 15) is 9.59 Å². The van der Waals surface area contributed by atoms with Crippen LogP contribution in [-0.4, -0.2) is 43.3 Å². The van der Waals surface area contributed by atoms with Gasteiger partial charge in [0.1, 0.15) is 23.7 Å². The molecule has 0 saturated carbocycles. The van der Waals surface area contributed by atoms with Gasteiger partial charge in [0.2, 0.25) is 11.8 Å². The average molecular weight is 465 g/mol. The topological polar surface area (TPSA) is 93.1 Å². The summed E-state index contributed by atoms with van der Waals surface area (Å²) in [5.74, 6) is 0.789. The van der Waals surface area contributed by atoms with Crippen LogP contribution in [0, 0.1) is 0 Å². The molecule has 1 aliphatic heterocycles. The quantitative estimate of drug-likeness (QED) is 0.588. The molecule has 8 nitrogen and oxygen atoms in total. The van der Waals surface area contributed by atoms with Crippen LogP contribution in [0.2, 0.25) is 5.02 Å². The van der Waals surface area contributed by atoms with Crippen LogP contribution in [0.4, 0.5) is 17.2 Å². The van der Waals surface area contributed by atoms with Crippen LogP contribution in [0.1, 0.15) is 12.0 Å². The van der Waals surface area contributed by atoms with Gasteiger partial charge in [0.05, 0.1) is 31.4 Å². The molecule has 2 amide bonds. The predicted molar refractivity (Wildman–Crippen MR) is 127 cm³/mol. The van der Waals surface area contributed by atoms with E-state index in [1.807, 2.05) is 24.3 Å². The van der Waals surface area contributed by atoms with Crippen molar-refractivity contribution in [2.24, 2.45) is 4.99 Å². The second-order valence-electron chi connectivity index (χ2n) is 7.19. The van der Waals surface area contributed by atoms with Crippen LogP contribution in [0.25, 0.3) is 0 Å². The zero-order chi connectivity index (χ0) is 23.4. The van der Waals surface area contributed by atoms with Gasteiger partial charge in [0.25, 0.3) is 0 Å². The maximum Gasteiger partial charge on any atom is 0.244 e. The van der Waals surface area contributed by atoms with Gasteiger partial charge in [-0.05, 0) is 42.5 Å². The smallest absolute Gasteiger partial charge is 0.244 e. The molecule has 2 heterocycles. The van der Waals surface area contributed by atoms with Gasteiger partial charge >= 0.3 is 0 Å². The second kappa shape index (κ2) is 9.70. The van der Waals surface area contributed by atoms with Crippen molar-refractivity contribution < 1.29 is 19.1 Å². The van der Waals surface area contributed by atoms with Crippen molar-refractivity contribution in [1.82, 2.24) is 4.98 Å². The highest BCUT2D eigenvalue weighted by atomic mass is 35.5. The van der Waals surface area contributed by atoms with E-state index in [4.69, 9.17) is 21.1 Å². The van der Waals surface area contributed by atoms with Gasteiger partial charge in [0.15, 0.2) is 5.82 Å². The molecule has 168 valence electrons. The Kier molecular flexibility index (Phi) is 6.55. The van der Waals surface area contributed by atoms with E-state index in [2.05, 4.69) is 15.3 Å². The minimum absolute atomic E-state index is 0.00513. The molecular formula is C24H21ClN4O4. The van der Waals surface area contributed by atoms with Crippen LogP contribution in [0.5, 0.6) is 11.5 Å². The summed E-state index contributed by atoms with van der Waals surface area (Å²) in [5, 5.41) is 3.12. The Morgan fingerprint density at radius 1 is 1.12 bits per heavy atom. The molecule has 1 N–H and O–H groups in total. The number of aromatic nitrogens is 1. The molecule has 1 aromatic heterocycles. The third-order valence-electron chi connectivity index (χ3n) is 5.04. The number of amides is 2. The van der Waals surface area contributed by atoms with Gasteiger partial charge in [-0.1, -0.05) is 23.7 Å². The molecule has 0 saturated heterocycles. The number of rotatable bonds is 6. The molecule has 0 radical (unpaired) electrons. The fraction of sp³-hybridized carbons (Fsp3) is 0.167. The second-order valence-corrected chi connectivity index (χ2v) is 7.60. The summed E-state index contributed by atoms with van der Waals surface area (Å²) in [6.07, 6.45) is 1.57. The number of hydrogen-bond donors (Lipinski definition) is 1. The molecule has 0 spiro atoms. The Morgan fingerprint density at radius 2 is 1.97 bits per heavy atom. The lowest BCUT2D eigenvalue weighted by atomic mass is 10.1. The molecule has 0 aliphatic carbocycles. The lowest BCUT2D eigenvalue weighted by Gasteiger charge is -2.20. The van der Waals surface area contributed by atoms with Crippen LogP contribution in [0.3, 0.4) is 0 Å². The molecule has 0 fully saturated rings. The number of nitrogens with zero attached hydrogens (tertiary/aromatic N) is 3. The van der Waals surface area contributed by atoms with Crippen LogP contribution in [0.15, 0.2) is 65.8 Å². The molecule has 33 heavy (non-hydrogen) atoms. The Labute approximate surface area is 195 Å². The Morgan fingerprint density at radius 3 is 2.73 bits per heavy atom. The van der Waals surface area contributed by atoms with E-state index >= 15 is 0 Å². The Bertz CT molecular complexity index is 1240. The number of fused-ring (bicyclic) bond motifs is 1. The number of aliphatic imine (C=N–C) groups is 1. The molecule has 4 rings (SSSR count). The number of pyridine rings is 1. The zero-order valence-electron chi connectivity index (χ0n) is 18.0. The summed E-state index contributed by atoms with van der Waals surface area (Å²) >= 11 is 6.14. The Hall–Kier alpha value is -3.91. The predicted octanol–water partition coefficient (Wildman–Crippen LogP) is 4.25. The van der Waals surface area contributed by atoms with Crippen molar-refractivity contribution in [3.05, 3.63) is 71.4 Å². The molecule has 1 aliphatic rings. The molecule has 0 atom stereocenters. The molecule has 2 aromatic carbocycles. The highest BCUT2D eigenvalue weighted by molar-refractivity contribution is 6.32. The number of hydrogen-bond acceptors (Lipinski definition) is 6. The number of methoxy groups -OCH3 is 2. The number of carbonyl (C=O) groups excluding carboxylic acids is 2. The summed E-state index contributed by atoms with van der Waals surface area (Å²) in [4.78, 5) is 36.3. The van der Waals surface area contributed by atoms with E-state index in [-0.39, 0.29) is 18.9 Å². The minimum Gasteiger partial charge on any atom is -0.497 e. The number of carbonyl (C=O) groups is 2. The van der Waals surface area contributed by atoms with Crippen LogP contribution >= 0.6 is 11.6 Å². The highest BCUT2D eigenvalue weighted by Gasteiger charge is 2.28. The maximum absolute atomic E-state index is 13.2. The lowest BCUT2D eigenvalue weighted by Crippen LogP contribution is -2.39. The zero-order valence-corrected chi connectivity index (χ0v) is 18.8. The lowest BCUT2D eigenvalue weighted by molar-refractivity contribution is -0.120. The van der Waals surface area contributed by atoms with Crippen molar-refractivity contribution in [2.45, 2.75) is 6.42 Å². The first-order chi connectivity index (χ1) is 16.0. The SMILES string of the molecule is COc1cccc(C2=Nc3cccnc3N(CC(=O)Nc3ccc(OC)c(Cl)c3)C(=O)C2)c1. The van der Waals surface area contributed by atoms with Gasteiger partial charge in [-0.2, -0.15) is 0 Å². The Balaban J connectivity index is 1.59. The summed E-state index contributed by atoms with van der Waals surface area (Å²) in [6.45, 7) is -0.229. The molecule has 0 bridgehead atoms. The molecular weight excluding hydrogens is 444 g/mol. The van der Waals surface area contributed by atoms with E-state index in [0.29, 0.717) is 39.4 Å². The van der Waals surface area contributed by atoms with Crippen molar-refractivity contribution in [2.75, 3.05) is 31.0 Å². The summed E-state index contributed by atoms with van der Waals surface area (Å²) in [6, 6.07) is 15.7. The van der Waals surface area contributed by atoms with E-state index in [1.54, 1.807) is 43.6 Å². The standard InChI is InChI=1S/C24H21ClN4O4/c1-32-17-6-3-5-15(11-17)20-13-23(31)29(24-19(28-20)7-4-10-26-24)14-22(30)27-16-8-9-21(33-2)18(25)12-16/h3-12H,13-14H2,1-2H3,(H,27,30). The van der Waals surface area contributed by atoms with Gasteiger partial charge in [-0.15, -0.1) is 0 Å². The normalized spacial score (nSPS) is 13.0. The first-order valence-electron chi connectivity index (χ1n) is 10.1. The summed E-state index contributed by atoms with van der Waals surface area (Å²) < 4.78 is 10.4. The van der Waals surface area contributed by atoms with Gasteiger partial charge in [-0.3, -0.25) is 14.5 Å². The number of halogens is 1. The molecule has 0 unspecified atom stereocenters. The number of anilines is 2. The average Bonchev–Trinajstić information content (AvgIpc) is 2.96. The third kappa shape index (κ3) is 4.96. The van der Waals surface area contributed by atoms with Crippen molar-refractivity contribution in [1.29, 1.82) is 0 Å². The first-order valence-corrected chi connectivity index (χ1v) is 10.5. The fourth-order valence-electron chi connectivity index (χ4n) is 3.45. The summed E-state index contributed by atoms with van der Waals surface area (Å²) in [5.41, 5.74) is 2.32. The van der Waals surface area contributed by atoms with Gasteiger partial charge in [-0.25, -0.2) is 9.98 Å². The summed E-state index contributed by atoms with van der Waals surface area (Å²) in [7, 11) is 3.09. The monoisotopic (exact) mass is 464 g/mol. The largest absolute Gasteiger partial charge is 0.497 e. The number of nitrogens with one attached hydrogen (secondary N) is 1. The van der Waals surface area contributed by atoms with Crippen molar-refractivity contribution in [3.8, 4) is 11.5 Å². The van der Waals surface area contributed by atoms with E-state index in [0.717, 1.165) is 5.56 Å². The number of ether oxygens (including phenoxy) is 2. The first kappa shape index (κ1) is 22.3.